The van der Waals surface area contributed by atoms with E-state index in [1.54, 1.807) is 0 Å². The summed E-state index contributed by atoms with van der Waals surface area (Å²) in [5, 5.41) is 3.53. The molecule has 1 aliphatic carbocycles. The lowest BCUT2D eigenvalue weighted by atomic mass is 10.2. The van der Waals surface area contributed by atoms with E-state index in [1.807, 2.05) is 24.4 Å². The highest BCUT2D eigenvalue weighted by Crippen LogP contribution is 2.18. The van der Waals surface area contributed by atoms with Gasteiger partial charge in [0.2, 0.25) is 0 Å². The van der Waals surface area contributed by atoms with Gasteiger partial charge in [0.1, 0.15) is 0 Å². The van der Waals surface area contributed by atoms with Crippen LogP contribution < -0.4 is 5.32 Å². The summed E-state index contributed by atoms with van der Waals surface area (Å²) < 4.78 is 5.62. The summed E-state index contributed by atoms with van der Waals surface area (Å²) in [5.41, 5.74) is 1.12. The maximum Gasteiger partial charge on any atom is 0.0521 e. The molecule has 1 saturated carbocycles. The fraction of sp³-hybridized carbons (Fsp3) is 0.667. The van der Waals surface area contributed by atoms with Gasteiger partial charge in [-0.3, -0.25) is 4.98 Å². The Balaban J connectivity index is 1.35. The van der Waals surface area contributed by atoms with Gasteiger partial charge in [-0.05, 0) is 50.8 Å². The molecule has 1 aromatic rings. The van der Waals surface area contributed by atoms with Crippen molar-refractivity contribution in [3.05, 3.63) is 30.1 Å². The van der Waals surface area contributed by atoms with Crippen molar-refractivity contribution >= 4 is 0 Å². The first-order valence-corrected chi connectivity index (χ1v) is 7.16. The highest BCUT2D eigenvalue weighted by Gasteiger charge is 2.19. The number of nitrogens with zero attached hydrogens (tertiary/aromatic N) is 1. The zero-order valence-corrected chi connectivity index (χ0v) is 11.1. The number of ether oxygens (including phenoxy) is 1. The fourth-order valence-electron chi connectivity index (χ4n) is 1.92. The second-order valence-electron chi connectivity index (χ2n) is 4.97. The molecular formula is C15H24N2O. The topological polar surface area (TPSA) is 34.1 Å². The van der Waals surface area contributed by atoms with Crippen LogP contribution in [0.15, 0.2) is 24.4 Å². The predicted octanol–water partition coefficient (Wildman–Crippen LogP) is 2.56. The first-order valence-electron chi connectivity index (χ1n) is 7.16. The first-order chi connectivity index (χ1) is 8.95. The van der Waals surface area contributed by atoms with E-state index in [1.165, 1.54) is 38.6 Å². The SMILES string of the molecule is c1ccc(CCOCCCCCNC2CC2)nc1. The molecule has 3 heteroatoms. The molecular weight excluding hydrogens is 224 g/mol. The van der Waals surface area contributed by atoms with Crippen molar-refractivity contribution in [2.75, 3.05) is 19.8 Å². The van der Waals surface area contributed by atoms with Crippen LogP contribution in [0.5, 0.6) is 0 Å². The Bertz CT molecular complexity index is 312. The van der Waals surface area contributed by atoms with Crippen LogP contribution in [0.1, 0.15) is 37.8 Å². The Morgan fingerprint density at radius 3 is 2.89 bits per heavy atom. The summed E-state index contributed by atoms with van der Waals surface area (Å²) in [5.74, 6) is 0. The molecule has 1 aromatic heterocycles. The number of aromatic nitrogens is 1. The van der Waals surface area contributed by atoms with Gasteiger partial charge in [0.05, 0.1) is 6.61 Å². The second-order valence-corrected chi connectivity index (χ2v) is 4.97. The molecule has 0 spiro atoms. The van der Waals surface area contributed by atoms with Crippen molar-refractivity contribution in [1.82, 2.24) is 10.3 Å². The van der Waals surface area contributed by atoms with Gasteiger partial charge in [-0.2, -0.15) is 0 Å². The molecule has 1 aliphatic rings. The third kappa shape index (κ3) is 6.12. The van der Waals surface area contributed by atoms with Crippen LogP contribution in [0, 0.1) is 0 Å². The molecule has 3 nitrogen and oxygen atoms in total. The van der Waals surface area contributed by atoms with Crippen molar-refractivity contribution < 1.29 is 4.74 Å². The number of rotatable bonds is 10. The minimum Gasteiger partial charge on any atom is -0.381 e. The minimum atomic E-state index is 0.789. The summed E-state index contributed by atoms with van der Waals surface area (Å²) in [6.07, 6.45) is 9.25. The Morgan fingerprint density at radius 1 is 1.17 bits per heavy atom. The van der Waals surface area contributed by atoms with Crippen LogP contribution in [0.4, 0.5) is 0 Å². The quantitative estimate of drug-likeness (QED) is 0.646. The Hall–Kier alpha value is -0.930. The van der Waals surface area contributed by atoms with Crippen LogP contribution in [0.25, 0.3) is 0 Å². The van der Waals surface area contributed by atoms with Gasteiger partial charge < -0.3 is 10.1 Å². The predicted molar refractivity (Wildman–Crippen MR) is 73.6 cm³/mol. The van der Waals surface area contributed by atoms with E-state index in [4.69, 9.17) is 4.74 Å². The zero-order chi connectivity index (χ0) is 12.5. The summed E-state index contributed by atoms with van der Waals surface area (Å²) >= 11 is 0. The van der Waals surface area contributed by atoms with Crippen molar-refractivity contribution in [2.24, 2.45) is 0 Å². The van der Waals surface area contributed by atoms with Gasteiger partial charge in [0, 0.05) is 31.0 Å². The van der Waals surface area contributed by atoms with E-state index in [-0.39, 0.29) is 0 Å². The molecule has 1 heterocycles. The summed E-state index contributed by atoms with van der Waals surface area (Å²) in [6.45, 7) is 2.85. The molecule has 0 amide bonds. The van der Waals surface area contributed by atoms with Gasteiger partial charge in [-0.15, -0.1) is 0 Å². The zero-order valence-electron chi connectivity index (χ0n) is 11.1. The second kappa shape index (κ2) is 8.22. The number of nitrogens with one attached hydrogen (secondary N) is 1. The van der Waals surface area contributed by atoms with Gasteiger partial charge in [-0.25, -0.2) is 0 Å². The Morgan fingerprint density at radius 2 is 2.11 bits per heavy atom. The molecule has 0 unspecified atom stereocenters. The lowest BCUT2D eigenvalue weighted by molar-refractivity contribution is 0.132. The summed E-state index contributed by atoms with van der Waals surface area (Å²) in [4.78, 5) is 4.27. The van der Waals surface area contributed by atoms with Gasteiger partial charge >= 0.3 is 0 Å². The molecule has 18 heavy (non-hydrogen) atoms. The lowest BCUT2D eigenvalue weighted by Crippen LogP contribution is -2.17. The van der Waals surface area contributed by atoms with E-state index in [2.05, 4.69) is 10.3 Å². The molecule has 0 aliphatic heterocycles. The lowest BCUT2D eigenvalue weighted by Gasteiger charge is -2.05. The molecule has 0 saturated heterocycles. The van der Waals surface area contributed by atoms with Crippen LogP contribution >= 0.6 is 0 Å². The molecule has 0 atom stereocenters. The van der Waals surface area contributed by atoms with Crippen LogP contribution in [-0.2, 0) is 11.2 Å². The van der Waals surface area contributed by atoms with Crippen molar-refractivity contribution in [2.45, 2.75) is 44.6 Å². The smallest absolute Gasteiger partial charge is 0.0521 e. The monoisotopic (exact) mass is 248 g/mol. The normalized spacial score (nSPS) is 14.9. The van der Waals surface area contributed by atoms with E-state index in [9.17, 15) is 0 Å². The molecule has 1 fully saturated rings. The molecule has 0 aromatic carbocycles. The van der Waals surface area contributed by atoms with Gasteiger partial charge in [0.25, 0.3) is 0 Å². The van der Waals surface area contributed by atoms with Crippen LogP contribution in [-0.4, -0.2) is 30.8 Å². The van der Waals surface area contributed by atoms with E-state index < -0.39 is 0 Å². The van der Waals surface area contributed by atoms with E-state index in [0.29, 0.717) is 0 Å². The maximum atomic E-state index is 5.62. The highest BCUT2D eigenvalue weighted by atomic mass is 16.5. The molecule has 2 rings (SSSR count). The Kier molecular flexibility index (Phi) is 6.17. The van der Waals surface area contributed by atoms with E-state index in [0.717, 1.165) is 31.4 Å². The van der Waals surface area contributed by atoms with Gasteiger partial charge in [0.15, 0.2) is 0 Å². The van der Waals surface area contributed by atoms with Crippen LogP contribution in [0.2, 0.25) is 0 Å². The Labute approximate surface area is 110 Å². The fourth-order valence-corrected chi connectivity index (χ4v) is 1.92. The highest BCUT2D eigenvalue weighted by molar-refractivity contribution is 5.03. The summed E-state index contributed by atoms with van der Waals surface area (Å²) in [7, 11) is 0. The van der Waals surface area contributed by atoms with Crippen molar-refractivity contribution in [3.8, 4) is 0 Å². The molecule has 0 bridgehead atoms. The van der Waals surface area contributed by atoms with Crippen LogP contribution in [0.3, 0.4) is 0 Å². The number of pyridine rings is 1. The number of unbranched alkanes of at least 4 members (excludes halogenated alkanes) is 2. The van der Waals surface area contributed by atoms with Crippen molar-refractivity contribution in [1.29, 1.82) is 0 Å². The molecule has 100 valence electrons. The summed E-state index contributed by atoms with van der Waals surface area (Å²) in [6, 6.07) is 6.86. The third-order valence-electron chi connectivity index (χ3n) is 3.20. The molecule has 0 radical (unpaired) electrons. The maximum absolute atomic E-state index is 5.62. The number of hydrogen-bond donors (Lipinski definition) is 1. The van der Waals surface area contributed by atoms with Gasteiger partial charge in [-0.1, -0.05) is 6.07 Å². The largest absolute Gasteiger partial charge is 0.381 e. The van der Waals surface area contributed by atoms with E-state index >= 15 is 0 Å². The third-order valence-corrected chi connectivity index (χ3v) is 3.20. The first kappa shape index (κ1) is 13.5. The minimum absolute atomic E-state index is 0.789. The average Bonchev–Trinajstić information content (AvgIpc) is 3.22. The number of hydrogen-bond acceptors (Lipinski definition) is 3. The van der Waals surface area contributed by atoms with Crippen molar-refractivity contribution in [3.63, 3.8) is 0 Å². The average molecular weight is 248 g/mol. The molecule has 1 N–H and O–H groups in total. The standard InChI is InChI=1S/C15H24N2O/c1(3-10-17-15-7-8-15)5-12-18-13-9-14-6-2-4-11-16-14/h2,4,6,11,15,17H,1,3,5,7-10,12-13H2.